The van der Waals surface area contributed by atoms with E-state index in [2.05, 4.69) is 10.3 Å². The monoisotopic (exact) mass is 286 g/mol. The molecule has 0 aliphatic heterocycles. The van der Waals surface area contributed by atoms with E-state index in [0.717, 1.165) is 11.3 Å². The van der Waals surface area contributed by atoms with Gasteiger partial charge in [0.1, 0.15) is 5.01 Å². The van der Waals surface area contributed by atoms with Crippen LogP contribution >= 0.6 is 11.3 Å². The van der Waals surface area contributed by atoms with Crippen LogP contribution in [0.25, 0.3) is 0 Å². The zero-order valence-electron chi connectivity index (χ0n) is 11.2. The van der Waals surface area contributed by atoms with E-state index in [1.807, 2.05) is 13.8 Å². The van der Waals surface area contributed by atoms with Crippen molar-refractivity contribution < 1.29 is 19.4 Å². The molecule has 0 spiro atoms. The largest absolute Gasteiger partial charge is 0.465 e. The van der Waals surface area contributed by atoms with Crippen LogP contribution in [0.3, 0.4) is 0 Å². The van der Waals surface area contributed by atoms with Crippen molar-refractivity contribution in [2.75, 3.05) is 6.61 Å². The van der Waals surface area contributed by atoms with E-state index in [1.54, 1.807) is 6.92 Å². The number of carbonyl (C=O) groups excluding carboxylic acids is 1. The van der Waals surface area contributed by atoms with Crippen molar-refractivity contribution in [3.8, 4) is 0 Å². The third-order valence-electron chi connectivity index (χ3n) is 2.62. The summed E-state index contributed by atoms with van der Waals surface area (Å²) in [7, 11) is 0. The summed E-state index contributed by atoms with van der Waals surface area (Å²) in [5.41, 5.74) is 0.309. The molecule has 1 atom stereocenters. The molecule has 0 aliphatic carbocycles. The summed E-state index contributed by atoms with van der Waals surface area (Å²) in [6.45, 7) is 6.15. The van der Waals surface area contributed by atoms with Gasteiger partial charge in [0.15, 0.2) is 5.69 Å². The number of aromatic nitrogens is 1. The Hall–Kier alpha value is -1.63. The van der Waals surface area contributed by atoms with Gasteiger partial charge in [-0.2, -0.15) is 0 Å². The molecule has 19 heavy (non-hydrogen) atoms. The molecule has 1 aromatic heterocycles. The second-order valence-corrected chi connectivity index (χ2v) is 5.12. The maximum atomic E-state index is 11.8. The Bertz CT molecular complexity index is 459. The summed E-state index contributed by atoms with van der Waals surface area (Å²) in [4.78, 5) is 27.3. The number of carboxylic acid groups (broad SMARTS) is 1. The molecular weight excluding hydrogens is 268 g/mol. The zero-order chi connectivity index (χ0) is 14.4. The lowest BCUT2D eigenvalue weighted by Gasteiger charge is -2.07. The molecule has 0 saturated carbocycles. The molecule has 0 aromatic carbocycles. The van der Waals surface area contributed by atoms with Crippen LogP contribution in [-0.2, 0) is 11.3 Å². The number of esters is 1. The number of ether oxygens (including phenoxy) is 1. The molecular formula is C12H18N2O4S. The van der Waals surface area contributed by atoms with Gasteiger partial charge in [0.2, 0.25) is 0 Å². The average molecular weight is 286 g/mol. The number of rotatable bonds is 6. The van der Waals surface area contributed by atoms with Crippen molar-refractivity contribution in [2.45, 2.75) is 39.7 Å². The molecule has 106 valence electrons. The van der Waals surface area contributed by atoms with E-state index >= 15 is 0 Å². The predicted molar refractivity (Wildman–Crippen MR) is 71.6 cm³/mol. The summed E-state index contributed by atoms with van der Waals surface area (Å²) in [5, 5.41) is 11.4. The summed E-state index contributed by atoms with van der Waals surface area (Å²) in [6, 6.07) is 0. The van der Waals surface area contributed by atoms with E-state index in [9.17, 15) is 9.59 Å². The molecule has 6 nitrogen and oxygen atoms in total. The van der Waals surface area contributed by atoms with Gasteiger partial charge in [-0.3, -0.25) is 0 Å². The average Bonchev–Trinajstić information content (AvgIpc) is 2.80. The van der Waals surface area contributed by atoms with E-state index in [1.165, 1.54) is 11.3 Å². The first kappa shape index (κ1) is 15.4. The number of amides is 1. The third kappa shape index (κ3) is 4.20. The van der Waals surface area contributed by atoms with E-state index < -0.39 is 12.1 Å². The van der Waals surface area contributed by atoms with Crippen LogP contribution in [0, 0.1) is 0 Å². The molecule has 2 N–H and O–H groups in total. The zero-order valence-corrected chi connectivity index (χ0v) is 12.0. The Morgan fingerprint density at radius 1 is 1.47 bits per heavy atom. The van der Waals surface area contributed by atoms with Gasteiger partial charge >= 0.3 is 12.1 Å². The lowest BCUT2D eigenvalue weighted by atomic mass is 10.1. The Morgan fingerprint density at radius 2 is 2.16 bits per heavy atom. The minimum absolute atomic E-state index is 0.100. The lowest BCUT2D eigenvalue weighted by Crippen LogP contribution is -2.19. The van der Waals surface area contributed by atoms with Crippen LogP contribution < -0.4 is 5.32 Å². The molecule has 1 amide bonds. The molecule has 0 aliphatic rings. The Kier molecular flexibility index (Phi) is 5.75. The summed E-state index contributed by atoms with van der Waals surface area (Å²) in [6.07, 6.45) is -0.238. The molecule has 1 aromatic rings. The van der Waals surface area contributed by atoms with Crippen molar-refractivity contribution >= 4 is 23.4 Å². The van der Waals surface area contributed by atoms with Gasteiger partial charge in [0.25, 0.3) is 0 Å². The summed E-state index contributed by atoms with van der Waals surface area (Å²) in [5.74, 6) is -0.258. The maximum absolute atomic E-state index is 11.8. The topological polar surface area (TPSA) is 88.5 Å². The van der Waals surface area contributed by atoms with Crippen molar-refractivity contribution in [3.63, 3.8) is 0 Å². The smallest absolute Gasteiger partial charge is 0.405 e. The first-order valence-electron chi connectivity index (χ1n) is 6.13. The third-order valence-corrected chi connectivity index (χ3v) is 3.90. The fourth-order valence-corrected chi connectivity index (χ4v) is 2.60. The Labute approximate surface area is 115 Å². The maximum Gasteiger partial charge on any atom is 0.405 e. The van der Waals surface area contributed by atoms with E-state index in [-0.39, 0.29) is 12.5 Å². The quantitative estimate of drug-likeness (QED) is 0.785. The standard InChI is InChI=1S/C12H18N2O4S/c1-4-7(3)10-9(11(15)18-5-2)14-8(19-10)6-13-12(16)17/h7,13H,4-6H2,1-3H3,(H,16,17). The summed E-state index contributed by atoms with van der Waals surface area (Å²) < 4.78 is 4.97. The van der Waals surface area contributed by atoms with Crippen LogP contribution in [0.5, 0.6) is 0 Å². The highest BCUT2D eigenvalue weighted by molar-refractivity contribution is 7.12. The second kappa shape index (κ2) is 7.08. The fraction of sp³-hybridized carbons (Fsp3) is 0.583. The Balaban J connectivity index is 2.98. The van der Waals surface area contributed by atoms with Gasteiger partial charge < -0.3 is 15.2 Å². The molecule has 0 saturated heterocycles. The summed E-state index contributed by atoms with van der Waals surface area (Å²) >= 11 is 1.35. The molecule has 0 fully saturated rings. The highest BCUT2D eigenvalue weighted by Crippen LogP contribution is 2.29. The number of hydrogen-bond acceptors (Lipinski definition) is 5. The number of nitrogens with one attached hydrogen (secondary N) is 1. The van der Waals surface area contributed by atoms with Crippen LogP contribution in [-0.4, -0.2) is 28.8 Å². The van der Waals surface area contributed by atoms with Crippen molar-refractivity contribution in [2.24, 2.45) is 0 Å². The molecule has 0 radical (unpaired) electrons. The van der Waals surface area contributed by atoms with E-state index in [0.29, 0.717) is 17.3 Å². The van der Waals surface area contributed by atoms with Crippen molar-refractivity contribution in [1.29, 1.82) is 0 Å². The molecule has 0 bridgehead atoms. The first-order valence-corrected chi connectivity index (χ1v) is 6.94. The number of hydrogen-bond donors (Lipinski definition) is 2. The minimum atomic E-state index is -1.11. The number of thiazole rings is 1. The number of nitrogens with zero attached hydrogens (tertiary/aromatic N) is 1. The van der Waals surface area contributed by atoms with Crippen LogP contribution in [0.15, 0.2) is 0 Å². The van der Waals surface area contributed by atoms with Crippen molar-refractivity contribution in [1.82, 2.24) is 10.3 Å². The highest BCUT2D eigenvalue weighted by atomic mass is 32.1. The second-order valence-electron chi connectivity index (χ2n) is 4.01. The molecule has 1 heterocycles. The van der Waals surface area contributed by atoms with E-state index in [4.69, 9.17) is 9.84 Å². The van der Waals surface area contributed by atoms with Gasteiger partial charge in [-0.05, 0) is 19.3 Å². The first-order chi connectivity index (χ1) is 8.99. The lowest BCUT2D eigenvalue weighted by molar-refractivity contribution is 0.0518. The van der Waals surface area contributed by atoms with Gasteiger partial charge in [0, 0.05) is 4.88 Å². The van der Waals surface area contributed by atoms with Crippen LogP contribution in [0.4, 0.5) is 4.79 Å². The minimum Gasteiger partial charge on any atom is -0.465 e. The van der Waals surface area contributed by atoms with Crippen LogP contribution in [0.1, 0.15) is 53.5 Å². The highest BCUT2D eigenvalue weighted by Gasteiger charge is 2.22. The fourth-order valence-electron chi connectivity index (χ4n) is 1.47. The van der Waals surface area contributed by atoms with Gasteiger partial charge in [-0.15, -0.1) is 11.3 Å². The normalized spacial score (nSPS) is 11.9. The Morgan fingerprint density at radius 3 is 2.68 bits per heavy atom. The van der Waals surface area contributed by atoms with Crippen molar-refractivity contribution in [3.05, 3.63) is 15.6 Å². The SMILES string of the molecule is CCOC(=O)c1nc(CNC(=O)O)sc1C(C)CC. The number of carbonyl (C=O) groups is 2. The molecule has 1 unspecified atom stereocenters. The predicted octanol–water partition coefficient (Wildman–Crippen LogP) is 2.60. The van der Waals surface area contributed by atoms with Gasteiger partial charge in [-0.25, -0.2) is 14.6 Å². The van der Waals surface area contributed by atoms with Crippen LogP contribution in [0.2, 0.25) is 0 Å². The van der Waals surface area contributed by atoms with Gasteiger partial charge in [0.05, 0.1) is 13.2 Å². The van der Waals surface area contributed by atoms with Gasteiger partial charge in [-0.1, -0.05) is 13.8 Å². The molecule has 7 heteroatoms. The molecule has 1 rings (SSSR count).